The number of likely N-dealkylation sites (tertiary alicyclic amines) is 1. The smallest absolute Gasteiger partial charge is 0.0796 e. The van der Waals surface area contributed by atoms with Gasteiger partial charge < -0.3 is 14.4 Å². The minimum Gasteiger partial charge on any atom is -0.549 e. The van der Waals surface area contributed by atoms with Gasteiger partial charge in [-0.25, -0.2) is 0 Å². The number of nitrogens with zero attached hydrogens (tertiary/aromatic N) is 1. The van der Waals surface area contributed by atoms with Gasteiger partial charge in [0.1, 0.15) is 0 Å². The molecule has 3 heteroatoms. The van der Waals surface area contributed by atoms with Gasteiger partial charge in [0.05, 0.1) is 32.7 Å². The van der Waals surface area contributed by atoms with Crippen molar-refractivity contribution in [3.05, 3.63) is 35.9 Å². The summed E-state index contributed by atoms with van der Waals surface area (Å²) >= 11 is 0. The molecule has 0 radical (unpaired) electrons. The third kappa shape index (κ3) is 2.15. The lowest BCUT2D eigenvalue weighted by atomic mass is 9.72. The summed E-state index contributed by atoms with van der Waals surface area (Å²) in [6.45, 7) is 5.02. The Labute approximate surface area is 109 Å². The molecular formula is C15H21NO2. The first-order chi connectivity index (χ1) is 8.52. The molecule has 1 heterocycles. The first-order valence-electron chi connectivity index (χ1n) is 6.63. The molecule has 1 aromatic rings. The highest BCUT2D eigenvalue weighted by atomic mass is 16.4. The molecule has 0 aromatic heterocycles. The SMILES string of the molecule is CC[N+]1(C)CCC(C(=O)[O-])(c2ccccc2)CC1. The van der Waals surface area contributed by atoms with E-state index in [1.54, 1.807) is 0 Å². The average Bonchev–Trinajstić information content (AvgIpc) is 2.40. The Morgan fingerprint density at radius 3 is 2.28 bits per heavy atom. The Morgan fingerprint density at radius 2 is 1.83 bits per heavy atom. The van der Waals surface area contributed by atoms with E-state index in [-0.39, 0.29) is 0 Å². The van der Waals surface area contributed by atoms with Gasteiger partial charge in [-0.2, -0.15) is 0 Å². The predicted octanol–water partition coefficient (Wildman–Crippen LogP) is 0.935. The van der Waals surface area contributed by atoms with Crippen molar-refractivity contribution in [2.24, 2.45) is 0 Å². The number of quaternary nitrogens is 1. The number of hydrogen-bond donors (Lipinski definition) is 0. The second kappa shape index (κ2) is 4.73. The number of hydrogen-bond acceptors (Lipinski definition) is 2. The van der Waals surface area contributed by atoms with Crippen molar-refractivity contribution < 1.29 is 14.4 Å². The fraction of sp³-hybridized carbons (Fsp3) is 0.533. The number of carboxylic acid groups (broad SMARTS) is 1. The Hall–Kier alpha value is -1.35. The minimum atomic E-state index is -0.920. The van der Waals surface area contributed by atoms with Crippen LogP contribution in [0.5, 0.6) is 0 Å². The van der Waals surface area contributed by atoms with Gasteiger partial charge >= 0.3 is 0 Å². The van der Waals surface area contributed by atoms with Crippen LogP contribution in [0.3, 0.4) is 0 Å². The van der Waals surface area contributed by atoms with Gasteiger partial charge in [-0.1, -0.05) is 30.3 Å². The Morgan fingerprint density at radius 1 is 1.28 bits per heavy atom. The molecular weight excluding hydrogens is 226 g/mol. The summed E-state index contributed by atoms with van der Waals surface area (Å²) in [6, 6.07) is 9.56. The van der Waals surface area contributed by atoms with Crippen molar-refractivity contribution in [3.63, 3.8) is 0 Å². The van der Waals surface area contributed by atoms with Crippen molar-refractivity contribution in [2.45, 2.75) is 25.2 Å². The Balaban J connectivity index is 2.30. The van der Waals surface area contributed by atoms with E-state index in [9.17, 15) is 9.90 Å². The van der Waals surface area contributed by atoms with E-state index in [2.05, 4.69) is 14.0 Å². The van der Waals surface area contributed by atoms with Crippen molar-refractivity contribution in [1.29, 1.82) is 0 Å². The van der Waals surface area contributed by atoms with Gasteiger partial charge in [0.15, 0.2) is 0 Å². The Kier molecular flexibility index (Phi) is 3.44. The number of aliphatic carboxylic acids is 1. The number of rotatable bonds is 3. The first kappa shape index (κ1) is 13.1. The molecule has 1 saturated heterocycles. The molecule has 0 atom stereocenters. The zero-order chi connectivity index (χ0) is 13.2. The standard InChI is InChI=1S/C15H21NO2/c1-3-16(2)11-9-15(10-12-16,14(17)18)13-7-5-4-6-8-13/h4-8H,3,9-12H2,1-2H3. The highest BCUT2D eigenvalue weighted by Crippen LogP contribution is 2.36. The van der Waals surface area contributed by atoms with E-state index < -0.39 is 11.4 Å². The molecule has 1 aliphatic rings. The second-order valence-corrected chi connectivity index (χ2v) is 5.62. The third-order valence-electron chi connectivity index (χ3n) is 4.64. The van der Waals surface area contributed by atoms with Crippen molar-refractivity contribution >= 4 is 5.97 Å². The quantitative estimate of drug-likeness (QED) is 0.746. The zero-order valence-electron chi connectivity index (χ0n) is 11.2. The molecule has 1 aliphatic heterocycles. The molecule has 0 saturated carbocycles. The van der Waals surface area contributed by atoms with Crippen molar-refractivity contribution in [1.82, 2.24) is 0 Å². The maximum atomic E-state index is 11.7. The van der Waals surface area contributed by atoms with Gasteiger partial charge in [-0.15, -0.1) is 0 Å². The molecule has 2 rings (SSSR count). The van der Waals surface area contributed by atoms with E-state index in [0.29, 0.717) is 12.8 Å². The predicted molar refractivity (Wildman–Crippen MR) is 68.8 cm³/mol. The largest absolute Gasteiger partial charge is 0.549 e. The van der Waals surface area contributed by atoms with Gasteiger partial charge in [-0.05, 0) is 12.5 Å². The molecule has 0 N–H and O–H groups in total. The van der Waals surface area contributed by atoms with Crippen LogP contribution >= 0.6 is 0 Å². The summed E-state index contributed by atoms with van der Waals surface area (Å²) in [7, 11) is 2.20. The maximum Gasteiger partial charge on any atom is 0.0796 e. The van der Waals surface area contributed by atoms with E-state index in [1.807, 2.05) is 30.3 Å². The van der Waals surface area contributed by atoms with Crippen LogP contribution < -0.4 is 5.11 Å². The second-order valence-electron chi connectivity index (χ2n) is 5.62. The van der Waals surface area contributed by atoms with Crippen LogP contribution in [0.25, 0.3) is 0 Å². The summed E-state index contributed by atoms with van der Waals surface area (Å²) in [5.41, 5.74) is 0.112. The molecule has 0 spiro atoms. The van der Waals surface area contributed by atoms with E-state index in [0.717, 1.165) is 29.7 Å². The topological polar surface area (TPSA) is 40.1 Å². The fourth-order valence-electron chi connectivity index (χ4n) is 2.84. The van der Waals surface area contributed by atoms with Crippen molar-refractivity contribution in [3.8, 4) is 0 Å². The maximum absolute atomic E-state index is 11.7. The van der Waals surface area contributed by atoms with Gasteiger partial charge in [-0.3, -0.25) is 0 Å². The molecule has 18 heavy (non-hydrogen) atoms. The Bertz CT molecular complexity index is 419. The van der Waals surface area contributed by atoms with Crippen LogP contribution in [0.1, 0.15) is 25.3 Å². The molecule has 0 amide bonds. The summed E-state index contributed by atoms with van der Waals surface area (Å²) in [4.78, 5) is 11.7. The summed E-state index contributed by atoms with van der Waals surface area (Å²) in [5, 5.41) is 11.7. The van der Waals surface area contributed by atoms with Gasteiger partial charge in [0, 0.05) is 18.3 Å². The lowest BCUT2D eigenvalue weighted by Gasteiger charge is -2.46. The zero-order valence-corrected chi connectivity index (χ0v) is 11.2. The first-order valence-corrected chi connectivity index (χ1v) is 6.63. The average molecular weight is 247 g/mol. The highest BCUT2D eigenvalue weighted by molar-refractivity contribution is 5.79. The van der Waals surface area contributed by atoms with Crippen LogP contribution in [-0.2, 0) is 10.2 Å². The normalized spacial score (nSPS) is 32.1. The lowest BCUT2D eigenvalue weighted by molar-refractivity contribution is -0.913. The fourth-order valence-corrected chi connectivity index (χ4v) is 2.84. The van der Waals surface area contributed by atoms with E-state index in [4.69, 9.17) is 0 Å². The summed E-state index contributed by atoms with van der Waals surface area (Å²) < 4.78 is 0.960. The molecule has 0 bridgehead atoms. The molecule has 0 unspecified atom stereocenters. The number of carbonyl (C=O) groups is 1. The van der Waals surface area contributed by atoms with Gasteiger partial charge in [0.25, 0.3) is 0 Å². The summed E-state index contributed by atoms with van der Waals surface area (Å²) in [5.74, 6) is -0.920. The number of piperidine rings is 1. The number of carboxylic acids is 1. The van der Waals surface area contributed by atoms with E-state index >= 15 is 0 Å². The van der Waals surface area contributed by atoms with Gasteiger partial charge in [0.2, 0.25) is 0 Å². The van der Waals surface area contributed by atoms with Crippen LogP contribution in [-0.4, -0.2) is 37.1 Å². The molecule has 3 nitrogen and oxygen atoms in total. The number of carbonyl (C=O) groups excluding carboxylic acids is 1. The minimum absolute atomic E-state index is 0.670. The van der Waals surface area contributed by atoms with Crippen LogP contribution in [0, 0.1) is 0 Å². The molecule has 1 fully saturated rings. The third-order valence-corrected chi connectivity index (χ3v) is 4.64. The van der Waals surface area contributed by atoms with Crippen molar-refractivity contribution in [2.75, 3.05) is 26.7 Å². The molecule has 0 aliphatic carbocycles. The molecule has 1 aromatic carbocycles. The highest BCUT2D eigenvalue weighted by Gasteiger charge is 2.42. The molecule has 98 valence electrons. The van der Waals surface area contributed by atoms with Crippen LogP contribution in [0.4, 0.5) is 0 Å². The lowest BCUT2D eigenvalue weighted by Crippen LogP contribution is -2.58. The summed E-state index contributed by atoms with van der Waals surface area (Å²) in [6.07, 6.45) is 1.34. The van der Waals surface area contributed by atoms with E-state index in [1.165, 1.54) is 0 Å². The van der Waals surface area contributed by atoms with Crippen LogP contribution in [0.2, 0.25) is 0 Å². The number of benzene rings is 1. The van der Waals surface area contributed by atoms with Crippen LogP contribution in [0.15, 0.2) is 30.3 Å². The monoisotopic (exact) mass is 247 g/mol.